The second-order valence-corrected chi connectivity index (χ2v) is 6.19. The van der Waals surface area contributed by atoms with E-state index in [9.17, 15) is 5.11 Å². The summed E-state index contributed by atoms with van der Waals surface area (Å²) in [5.74, 6) is 0.839. The van der Waals surface area contributed by atoms with Gasteiger partial charge in [0.2, 0.25) is 0 Å². The van der Waals surface area contributed by atoms with E-state index in [0.29, 0.717) is 19.2 Å². The molecule has 3 heteroatoms. The van der Waals surface area contributed by atoms with Gasteiger partial charge in [-0.15, -0.1) is 0 Å². The molecule has 1 fully saturated rings. The highest BCUT2D eigenvalue weighted by molar-refractivity contribution is 5.27. The van der Waals surface area contributed by atoms with Crippen LogP contribution in [0.4, 0.5) is 0 Å². The number of aliphatic hydroxyl groups excluding tert-OH is 1. The van der Waals surface area contributed by atoms with Gasteiger partial charge >= 0.3 is 0 Å². The van der Waals surface area contributed by atoms with Crippen molar-refractivity contribution in [1.29, 1.82) is 0 Å². The molecule has 0 aliphatic heterocycles. The molecule has 0 spiro atoms. The van der Waals surface area contributed by atoms with E-state index in [-0.39, 0.29) is 0 Å². The van der Waals surface area contributed by atoms with E-state index >= 15 is 0 Å². The number of hydrogen-bond acceptors (Lipinski definition) is 3. The molecule has 1 aliphatic carbocycles. The average Bonchev–Trinajstić information content (AvgIpc) is 2.54. The van der Waals surface area contributed by atoms with Gasteiger partial charge in [0.1, 0.15) is 18.5 Å². The molecular formula is C18H29NO2. The minimum atomic E-state index is -0.428. The highest BCUT2D eigenvalue weighted by atomic mass is 16.5. The Morgan fingerprint density at radius 1 is 1.19 bits per heavy atom. The first-order valence-electron chi connectivity index (χ1n) is 8.29. The molecule has 3 nitrogen and oxygen atoms in total. The minimum absolute atomic E-state index is 0.364. The van der Waals surface area contributed by atoms with E-state index in [0.717, 1.165) is 12.2 Å². The zero-order valence-corrected chi connectivity index (χ0v) is 13.4. The topological polar surface area (TPSA) is 32.7 Å². The molecule has 1 aromatic carbocycles. The Morgan fingerprint density at radius 2 is 1.86 bits per heavy atom. The number of likely N-dealkylation sites (N-methyl/N-ethyl adjacent to an activating group) is 1. The summed E-state index contributed by atoms with van der Waals surface area (Å²) in [6, 6.07) is 8.76. The first-order valence-corrected chi connectivity index (χ1v) is 8.29. The fourth-order valence-corrected chi connectivity index (χ4v) is 3.07. The van der Waals surface area contributed by atoms with Crippen LogP contribution in [0.1, 0.15) is 44.6 Å². The highest BCUT2D eigenvalue weighted by Crippen LogP contribution is 2.21. The van der Waals surface area contributed by atoms with Crippen LogP contribution in [-0.4, -0.2) is 42.4 Å². The smallest absolute Gasteiger partial charge is 0.119 e. The van der Waals surface area contributed by atoms with E-state index in [4.69, 9.17) is 4.74 Å². The van der Waals surface area contributed by atoms with Gasteiger partial charge < -0.3 is 14.7 Å². The molecule has 1 N–H and O–H groups in total. The molecule has 1 unspecified atom stereocenters. The normalized spacial score (nSPS) is 17.9. The molecule has 0 amide bonds. The Kier molecular flexibility index (Phi) is 6.52. The van der Waals surface area contributed by atoms with E-state index in [1.807, 2.05) is 12.1 Å². The number of rotatable bonds is 7. The van der Waals surface area contributed by atoms with Crippen LogP contribution >= 0.6 is 0 Å². The summed E-state index contributed by atoms with van der Waals surface area (Å²) in [5, 5.41) is 10.1. The van der Waals surface area contributed by atoms with Crippen molar-refractivity contribution in [3.8, 4) is 5.75 Å². The predicted octanol–water partition coefficient (Wildman–Crippen LogP) is 3.25. The van der Waals surface area contributed by atoms with Crippen molar-refractivity contribution >= 4 is 0 Å². The molecule has 118 valence electrons. The molecular weight excluding hydrogens is 262 g/mol. The third-order valence-electron chi connectivity index (χ3n) is 4.47. The second-order valence-electron chi connectivity index (χ2n) is 6.19. The molecule has 1 aromatic rings. The molecule has 2 rings (SSSR count). The van der Waals surface area contributed by atoms with Crippen LogP contribution in [-0.2, 0) is 6.42 Å². The van der Waals surface area contributed by atoms with Gasteiger partial charge in [0, 0.05) is 12.6 Å². The summed E-state index contributed by atoms with van der Waals surface area (Å²) in [4.78, 5) is 2.30. The Hall–Kier alpha value is -1.06. The minimum Gasteiger partial charge on any atom is -0.491 e. The Bertz CT molecular complexity index is 398. The van der Waals surface area contributed by atoms with Crippen molar-refractivity contribution in [3.05, 3.63) is 29.8 Å². The van der Waals surface area contributed by atoms with Gasteiger partial charge in [-0.25, -0.2) is 0 Å². The number of benzene rings is 1. The SMILES string of the molecule is CCc1ccc(OCC(O)CN(C)C2CCCCC2)cc1. The quantitative estimate of drug-likeness (QED) is 0.837. The molecule has 21 heavy (non-hydrogen) atoms. The van der Waals surface area contributed by atoms with E-state index in [1.165, 1.54) is 37.7 Å². The largest absolute Gasteiger partial charge is 0.491 e. The van der Waals surface area contributed by atoms with Gasteiger partial charge in [-0.3, -0.25) is 0 Å². The standard InChI is InChI=1S/C18H29NO2/c1-3-15-9-11-18(12-10-15)21-14-17(20)13-19(2)16-7-5-4-6-8-16/h9-12,16-17,20H,3-8,13-14H2,1-2H3. The van der Waals surface area contributed by atoms with Crippen LogP contribution in [0.15, 0.2) is 24.3 Å². The maximum absolute atomic E-state index is 10.1. The Balaban J connectivity index is 1.71. The molecule has 0 saturated heterocycles. The van der Waals surface area contributed by atoms with Crippen molar-refractivity contribution in [2.24, 2.45) is 0 Å². The predicted molar refractivity (Wildman–Crippen MR) is 86.8 cm³/mol. The fourth-order valence-electron chi connectivity index (χ4n) is 3.07. The molecule has 0 aromatic heterocycles. The first-order chi connectivity index (χ1) is 10.2. The molecule has 0 heterocycles. The summed E-state index contributed by atoms with van der Waals surface area (Å²) in [7, 11) is 2.12. The third-order valence-corrected chi connectivity index (χ3v) is 4.47. The highest BCUT2D eigenvalue weighted by Gasteiger charge is 2.20. The van der Waals surface area contributed by atoms with Crippen LogP contribution in [0.3, 0.4) is 0 Å². The summed E-state index contributed by atoms with van der Waals surface area (Å²) in [5.41, 5.74) is 1.31. The fraction of sp³-hybridized carbons (Fsp3) is 0.667. The summed E-state index contributed by atoms with van der Waals surface area (Å²) < 4.78 is 5.68. The molecule has 1 atom stereocenters. The lowest BCUT2D eigenvalue weighted by Gasteiger charge is -2.32. The van der Waals surface area contributed by atoms with Crippen LogP contribution < -0.4 is 4.74 Å². The van der Waals surface area contributed by atoms with E-state index in [2.05, 4.69) is 31.0 Å². The monoisotopic (exact) mass is 291 g/mol. The Morgan fingerprint density at radius 3 is 2.48 bits per heavy atom. The zero-order valence-electron chi connectivity index (χ0n) is 13.4. The first kappa shape index (κ1) is 16.3. The van der Waals surface area contributed by atoms with Crippen molar-refractivity contribution in [1.82, 2.24) is 4.90 Å². The lowest BCUT2D eigenvalue weighted by molar-refractivity contribution is 0.0561. The van der Waals surface area contributed by atoms with Gasteiger partial charge in [-0.05, 0) is 44.0 Å². The molecule has 1 aliphatic rings. The van der Waals surface area contributed by atoms with Gasteiger partial charge in [0.15, 0.2) is 0 Å². The van der Waals surface area contributed by atoms with Crippen molar-refractivity contribution in [2.75, 3.05) is 20.2 Å². The summed E-state index contributed by atoms with van der Waals surface area (Å²) in [6.07, 6.45) is 7.16. The average molecular weight is 291 g/mol. The number of hydrogen-bond donors (Lipinski definition) is 1. The maximum atomic E-state index is 10.1. The molecule has 0 radical (unpaired) electrons. The van der Waals surface area contributed by atoms with Crippen molar-refractivity contribution in [2.45, 2.75) is 57.6 Å². The zero-order chi connectivity index (χ0) is 15.1. The van der Waals surface area contributed by atoms with E-state index in [1.54, 1.807) is 0 Å². The number of nitrogens with zero attached hydrogens (tertiary/aromatic N) is 1. The van der Waals surface area contributed by atoms with Crippen LogP contribution in [0.2, 0.25) is 0 Å². The van der Waals surface area contributed by atoms with Crippen molar-refractivity contribution < 1.29 is 9.84 Å². The molecule has 0 bridgehead atoms. The van der Waals surface area contributed by atoms with Gasteiger partial charge in [0.25, 0.3) is 0 Å². The molecule has 1 saturated carbocycles. The van der Waals surface area contributed by atoms with Crippen LogP contribution in [0, 0.1) is 0 Å². The van der Waals surface area contributed by atoms with E-state index < -0.39 is 6.10 Å². The van der Waals surface area contributed by atoms with Crippen LogP contribution in [0.5, 0.6) is 5.75 Å². The van der Waals surface area contributed by atoms with Gasteiger partial charge in [-0.1, -0.05) is 38.3 Å². The Labute approximate surface area is 128 Å². The number of ether oxygens (including phenoxy) is 1. The lowest BCUT2D eigenvalue weighted by atomic mass is 9.94. The summed E-state index contributed by atoms with van der Waals surface area (Å²) >= 11 is 0. The number of aryl methyl sites for hydroxylation is 1. The summed E-state index contributed by atoms with van der Waals surface area (Å²) in [6.45, 7) is 3.20. The van der Waals surface area contributed by atoms with Crippen molar-refractivity contribution in [3.63, 3.8) is 0 Å². The van der Waals surface area contributed by atoms with Crippen LogP contribution in [0.25, 0.3) is 0 Å². The van der Waals surface area contributed by atoms with Gasteiger partial charge in [0.05, 0.1) is 0 Å². The second kappa shape index (κ2) is 8.40. The third kappa shape index (κ3) is 5.33. The maximum Gasteiger partial charge on any atom is 0.119 e. The number of aliphatic hydroxyl groups is 1. The lowest BCUT2D eigenvalue weighted by Crippen LogP contribution is -2.40. The van der Waals surface area contributed by atoms with Gasteiger partial charge in [-0.2, -0.15) is 0 Å².